The van der Waals surface area contributed by atoms with Gasteiger partial charge < -0.3 is 20.9 Å². The number of hydrogen-bond acceptors (Lipinski definition) is 5. The van der Waals surface area contributed by atoms with Crippen LogP contribution in [0, 0.1) is 16.7 Å². The molecule has 3 atom stereocenters. The van der Waals surface area contributed by atoms with Crippen LogP contribution in [0.5, 0.6) is 0 Å². The maximum Gasteiger partial charge on any atom is 0.309 e. The van der Waals surface area contributed by atoms with Gasteiger partial charge in [0.25, 0.3) is 0 Å². The van der Waals surface area contributed by atoms with E-state index in [2.05, 4.69) is 22.0 Å². The lowest BCUT2D eigenvalue weighted by molar-refractivity contribution is -0.143. The Hall–Kier alpha value is -3.41. The van der Waals surface area contributed by atoms with Crippen LogP contribution in [0.1, 0.15) is 58.9 Å². The number of para-hydroxylation sites is 1. The van der Waals surface area contributed by atoms with Crippen LogP contribution in [-0.2, 0) is 24.6 Å². The van der Waals surface area contributed by atoms with Crippen LogP contribution in [-0.4, -0.2) is 52.7 Å². The summed E-state index contributed by atoms with van der Waals surface area (Å²) < 4.78 is 0. The molecule has 0 radical (unpaired) electrons. The lowest BCUT2D eigenvalue weighted by Crippen LogP contribution is -2.55. The molecule has 4 rings (SSSR count). The zero-order valence-corrected chi connectivity index (χ0v) is 20.0. The fourth-order valence-electron chi connectivity index (χ4n) is 4.87. The average Bonchev–Trinajstić information content (AvgIpc) is 3.25. The zero-order chi connectivity index (χ0) is 24.9. The van der Waals surface area contributed by atoms with Crippen LogP contribution < -0.4 is 16.0 Å². The molecule has 9 nitrogen and oxygen atoms in total. The minimum atomic E-state index is -1.01. The number of anilines is 1. The summed E-state index contributed by atoms with van der Waals surface area (Å²) in [4.78, 5) is 53.2. The molecule has 1 saturated heterocycles. The van der Waals surface area contributed by atoms with Crippen LogP contribution in [0.3, 0.4) is 0 Å². The Morgan fingerprint density at radius 1 is 1.24 bits per heavy atom. The van der Waals surface area contributed by atoms with Gasteiger partial charge in [-0.1, -0.05) is 39.0 Å². The highest BCUT2D eigenvalue weighted by molar-refractivity contribution is 6.35. The molecule has 2 fully saturated rings. The maximum atomic E-state index is 13.7. The van der Waals surface area contributed by atoms with Crippen molar-refractivity contribution in [2.75, 3.05) is 11.9 Å². The van der Waals surface area contributed by atoms with Gasteiger partial charge in [-0.05, 0) is 43.2 Å². The van der Waals surface area contributed by atoms with Crippen molar-refractivity contribution >= 4 is 29.3 Å². The van der Waals surface area contributed by atoms with Gasteiger partial charge in [-0.3, -0.25) is 19.2 Å². The van der Waals surface area contributed by atoms with E-state index in [-0.39, 0.29) is 36.2 Å². The molecule has 3 N–H and O–H groups in total. The first-order chi connectivity index (χ1) is 15.9. The third-order valence-corrected chi connectivity index (χ3v) is 6.96. The zero-order valence-electron chi connectivity index (χ0n) is 20.0. The first kappa shape index (κ1) is 23.7. The van der Waals surface area contributed by atoms with E-state index in [0.29, 0.717) is 5.69 Å². The minimum Gasteiger partial charge on any atom is -0.343 e. The van der Waals surface area contributed by atoms with Gasteiger partial charge in [0.2, 0.25) is 11.8 Å². The van der Waals surface area contributed by atoms with E-state index >= 15 is 0 Å². The number of carbonyl (C=O) groups is 4. The number of carbonyl (C=O) groups excluding carboxylic acids is 4. The lowest BCUT2D eigenvalue weighted by Gasteiger charge is -2.31. The fraction of sp³-hybridized carbons (Fsp3) is 0.560. The van der Waals surface area contributed by atoms with Gasteiger partial charge in [0.1, 0.15) is 12.1 Å². The normalized spacial score (nSPS) is 25.2. The highest BCUT2D eigenvalue weighted by atomic mass is 16.2. The number of benzene rings is 1. The summed E-state index contributed by atoms with van der Waals surface area (Å²) in [6.07, 6.45) is 2.05. The summed E-state index contributed by atoms with van der Waals surface area (Å²) in [6.45, 7) is 7.69. The number of fused-ring (bicyclic) bond motifs is 2. The first-order valence-corrected chi connectivity index (χ1v) is 11.6. The predicted octanol–water partition coefficient (Wildman–Crippen LogP) is 1.59. The topological polar surface area (TPSA) is 131 Å². The number of hydrogen-bond donors (Lipinski definition) is 3. The number of nitriles is 1. The molecular weight excluding hydrogens is 434 g/mol. The van der Waals surface area contributed by atoms with E-state index in [4.69, 9.17) is 0 Å². The maximum absolute atomic E-state index is 13.7. The Labute approximate surface area is 199 Å². The monoisotopic (exact) mass is 465 g/mol. The lowest BCUT2D eigenvalue weighted by atomic mass is 9.80. The molecule has 180 valence electrons. The summed E-state index contributed by atoms with van der Waals surface area (Å²) in [5, 5.41) is 18.0. The summed E-state index contributed by atoms with van der Waals surface area (Å²) in [7, 11) is 0. The van der Waals surface area contributed by atoms with E-state index in [1.54, 1.807) is 6.07 Å². The van der Waals surface area contributed by atoms with Crippen molar-refractivity contribution in [1.82, 2.24) is 15.5 Å². The minimum absolute atomic E-state index is 0.0354. The van der Waals surface area contributed by atoms with Crippen LogP contribution in [0.15, 0.2) is 24.3 Å². The second-order valence-corrected chi connectivity index (χ2v) is 11.2. The highest BCUT2D eigenvalue weighted by Crippen LogP contribution is 2.46. The van der Waals surface area contributed by atoms with E-state index in [0.717, 1.165) is 18.4 Å². The van der Waals surface area contributed by atoms with Crippen molar-refractivity contribution in [1.29, 1.82) is 5.26 Å². The number of amides is 4. The van der Waals surface area contributed by atoms with Crippen molar-refractivity contribution in [2.24, 2.45) is 5.41 Å². The van der Waals surface area contributed by atoms with E-state index in [1.165, 1.54) is 4.90 Å². The van der Waals surface area contributed by atoms with Gasteiger partial charge in [0.15, 0.2) is 0 Å². The van der Waals surface area contributed by atoms with Crippen LogP contribution in [0.25, 0.3) is 0 Å². The molecule has 1 aromatic rings. The quantitative estimate of drug-likeness (QED) is 0.581. The highest BCUT2D eigenvalue weighted by Gasteiger charge is 2.56. The number of rotatable bonds is 4. The van der Waals surface area contributed by atoms with Crippen molar-refractivity contribution in [3.05, 3.63) is 29.8 Å². The molecule has 3 aliphatic rings. The van der Waals surface area contributed by atoms with Crippen molar-refractivity contribution < 1.29 is 19.2 Å². The summed E-state index contributed by atoms with van der Waals surface area (Å²) in [5.41, 5.74) is -0.272. The average molecular weight is 466 g/mol. The number of nitrogens with zero attached hydrogens (tertiary/aromatic N) is 2. The molecule has 4 amide bonds. The van der Waals surface area contributed by atoms with Gasteiger partial charge in [-0.2, -0.15) is 5.26 Å². The van der Waals surface area contributed by atoms with E-state index in [9.17, 15) is 24.4 Å². The largest absolute Gasteiger partial charge is 0.343 e. The van der Waals surface area contributed by atoms with Gasteiger partial charge in [-0.25, -0.2) is 0 Å². The van der Waals surface area contributed by atoms with Gasteiger partial charge in [0.05, 0.1) is 11.5 Å². The summed E-state index contributed by atoms with van der Waals surface area (Å²) in [5.74, 6) is -2.35. The third kappa shape index (κ3) is 4.37. The molecule has 0 aromatic heterocycles. The third-order valence-electron chi connectivity index (χ3n) is 6.96. The number of likely N-dealkylation sites (tertiary alicyclic amines) is 1. The first-order valence-electron chi connectivity index (χ1n) is 11.6. The van der Waals surface area contributed by atoms with E-state index < -0.39 is 35.2 Å². The Morgan fingerprint density at radius 3 is 2.53 bits per heavy atom. The molecule has 34 heavy (non-hydrogen) atoms. The molecular formula is C25H31N5O4. The molecule has 1 aliphatic carbocycles. The molecule has 0 bridgehead atoms. The van der Waals surface area contributed by atoms with Crippen LogP contribution in [0.4, 0.5) is 5.69 Å². The summed E-state index contributed by atoms with van der Waals surface area (Å²) in [6, 6.07) is 7.62. The van der Waals surface area contributed by atoms with Gasteiger partial charge in [0, 0.05) is 24.2 Å². The van der Waals surface area contributed by atoms with Crippen molar-refractivity contribution in [3.8, 4) is 6.07 Å². The molecule has 2 aliphatic heterocycles. The van der Waals surface area contributed by atoms with Gasteiger partial charge >= 0.3 is 11.8 Å². The fourth-order valence-corrected chi connectivity index (χ4v) is 4.87. The summed E-state index contributed by atoms with van der Waals surface area (Å²) >= 11 is 0. The Morgan fingerprint density at radius 2 is 1.91 bits per heavy atom. The second kappa shape index (κ2) is 8.12. The molecule has 2 heterocycles. The SMILES string of the molecule is CC(C)(C)C[C@H](NC(=O)C(=O)NC1(C)CC1)C(=O)N1C[C@]2(C[C@H]1C#N)C(=O)Nc1ccccc12. The molecule has 1 aromatic carbocycles. The Balaban J connectivity index is 1.58. The molecule has 9 heteroatoms. The predicted molar refractivity (Wildman–Crippen MR) is 124 cm³/mol. The molecule has 1 spiro atoms. The van der Waals surface area contributed by atoms with Gasteiger partial charge in [-0.15, -0.1) is 0 Å². The second-order valence-electron chi connectivity index (χ2n) is 11.2. The number of nitrogens with one attached hydrogen (secondary N) is 3. The van der Waals surface area contributed by atoms with E-state index in [1.807, 2.05) is 45.9 Å². The van der Waals surface area contributed by atoms with Crippen LogP contribution in [0.2, 0.25) is 0 Å². The molecule has 1 saturated carbocycles. The Kier molecular flexibility index (Phi) is 5.67. The van der Waals surface area contributed by atoms with Crippen molar-refractivity contribution in [3.63, 3.8) is 0 Å². The smallest absolute Gasteiger partial charge is 0.309 e. The van der Waals surface area contributed by atoms with Crippen LogP contribution >= 0.6 is 0 Å². The van der Waals surface area contributed by atoms with Crippen molar-refractivity contribution in [2.45, 2.75) is 76.4 Å². The standard InChI is InChI=1S/C25H31N5O4/c1-23(2,3)12-18(27-19(31)20(32)29-24(4)9-10-24)21(33)30-14-25(11-15(30)13-26)16-7-5-6-8-17(16)28-22(25)34/h5-8,15,18H,9-12,14H2,1-4H3,(H,27,31)(H,28,34)(H,29,32)/t15-,18-,25-/m0/s1. The Bertz CT molecular complexity index is 1100. The molecule has 0 unspecified atom stereocenters.